The van der Waals surface area contributed by atoms with Gasteiger partial charge in [0, 0.05) is 24.2 Å². The van der Waals surface area contributed by atoms with E-state index in [2.05, 4.69) is 61.3 Å². The Morgan fingerprint density at radius 2 is 1.89 bits per heavy atom. The van der Waals surface area contributed by atoms with E-state index in [0.29, 0.717) is 18.2 Å². The molecule has 3 rings (SSSR count). The van der Waals surface area contributed by atoms with E-state index in [1.807, 2.05) is 13.8 Å². The Morgan fingerprint density at radius 3 is 2.57 bits per heavy atom. The summed E-state index contributed by atoms with van der Waals surface area (Å²) in [5, 5.41) is 7.09. The first-order valence-electron chi connectivity index (χ1n) is 9.52. The van der Waals surface area contributed by atoms with Crippen LogP contribution in [0.3, 0.4) is 0 Å². The first kappa shape index (κ1) is 20.3. The third-order valence-electron chi connectivity index (χ3n) is 5.12. The number of anilines is 1. The van der Waals surface area contributed by atoms with Crippen LogP contribution in [0.4, 0.5) is 5.69 Å². The molecule has 2 aromatic heterocycles. The van der Waals surface area contributed by atoms with Gasteiger partial charge in [-0.25, -0.2) is 9.67 Å². The van der Waals surface area contributed by atoms with E-state index in [0.717, 1.165) is 22.0 Å². The van der Waals surface area contributed by atoms with Gasteiger partial charge in [0.1, 0.15) is 5.01 Å². The van der Waals surface area contributed by atoms with E-state index in [1.54, 1.807) is 7.05 Å². The van der Waals surface area contributed by atoms with E-state index in [4.69, 9.17) is 4.98 Å². The Labute approximate surface area is 170 Å². The molecule has 0 spiro atoms. The second kappa shape index (κ2) is 7.87. The van der Waals surface area contributed by atoms with Crippen molar-refractivity contribution in [2.45, 2.75) is 54.1 Å². The summed E-state index contributed by atoms with van der Waals surface area (Å²) in [6.45, 7) is 13.2. The molecule has 3 aromatic rings. The summed E-state index contributed by atoms with van der Waals surface area (Å²) in [5.41, 5.74) is 7.03. The fraction of sp³-hybridized carbons (Fsp3) is 0.409. The molecule has 148 valence electrons. The molecule has 0 aliphatic heterocycles. The van der Waals surface area contributed by atoms with Gasteiger partial charge in [0.2, 0.25) is 0 Å². The minimum Gasteiger partial charge on any atom is -0.363 e. The fourth-order valence-corrected chi connectivity index (χ4v) is 4.25. The Hall–Kier alpha value is -2.47. The maximum absolute atomic E-state index is 12.6. The molecule has 2 heterocycles. The van der Waals surface area contributed by atoms with Crippen molar-refractivity contribution in [3.8, 4) is 10.6 Å². The summed E-state index contributed by atoms with van der Waals surface area (Å²) in [7, 11) is 1.69. The smallest absolute Gasteiger partial charge is 0.277 e. The van der Waals surface area contributed by atoms with Crippen molar-refractivity contribution in [3.63, 3.8) is 0 Å². The summed E-state index contributed by atoms with van der Waals surface area (Å²) in [6.07, 6.45) is 0. The minimum atomic E-state index is -0.0979. The lowest BCUT2D eigenvalue weighted by Gasteiger charge is -2.30. The van der Waals surface area contributed by atoms with Gasteiger partial charge < -0.3 is 4.90 Å². The summed E-state index contributed by atoms with van der Waals surface area (Å²) >= 11 is 1.53. The zero-order chi connectivity index (χ0) is 20.6. The van der Waals surface area contributed by atoms with E-state index < -0.39 is 0 Å². The number of nitrogens with zero attached hydrogens (tertiary/aromatic N) is 4. The average Bonchev–Trinajstić information content (AvgIpc) is 3.08. The molecule has 0 unspecified atom stereocenters. The van der Waals surface area contributed by atoms with Gasteiger partial charge in [0.25, 0.3) is 5.56 Å². The number of benzene rings is 1. The van der Waals surface area contributed by atoms with Crippen LogP contribution in [0.5, 0.6) is 0 Å². The predicted molar refractivity (Wildman–Crippen MR) is 117 cm³/mol. The van der Waals surface area contributed by atoms with Gasteiger partial charge in [-0.2, -0.15) is 5.10 Å². The highest BCUT2D eigenvalue weighted by Crippen LogP contribution is 2.29. The number of aryl methyl sites for hydroxylation is 4. The van der Waals surface area contributed by atoms with Crippen molar-refractivity contribution in [1.82, 2.24) is 14.8 Å². The third-order valence-corrected chi connectivity index (χ3v) is 6.03. The van der Waals surface area contributed by atoms with Gasteiger partial charge in [-0.05, 0) is 64.3 Å². The number of hydrogen-bond donors (Lipinski definition) is 0. The number of aromatic nitrogens is 3. The van der Waals surface area contributed by atoms with Gasteiger partial charge >= 0.3 is 0 Å². The van der Waals surface area contributed by atoms with Crippen LogP contribution in [0.2, 0.25) is 0 Å². The van der Waals surface area contributed by atoms with Gasteiger partial charge in [-0.1, -0.05) is 12.1 Å². The van der Waals surface area contributed by atoms with Crippen LogP contribution in [0, 0.1) is 27.7 Å². The largest absolute Gasteiger partial charge is 0.363 e. The molecule has 0 saturated heterocycles. The van der Waals surface area contributed by atoms with Crippen molar-refractivity contribution in [2.75, 3.05) is 4.90 Å². The van der Waals surface area contributed by atoms with Crippen LogP contribution in [0.25, 0.3) is 10.6 Å². The molecule has 0 aliphatic rings. The van der Waals surface area contributed by atoms with Gasteiger partial charge in [-0.3, -0.25) is 4.79 Å². The van der Waals surface area contributed by atoms with E-state index in [9.17, 15) is 4.79 Å². The Balaban J connectivity index is 1.98. The van der Waals surface area contributed by atoms with Crippen LogP contribution in [0.15, 0.2) is 28.4 Å². The average molecular weight is 397 g/mol. The van der Waals surface area contributed by atoms with Crippen LogP contribution in [0.1, 0.15) is 41.9 Å². The second-order valence-corrected chi connectivity index (χ2v) is 8.53. The predicted octanol–water partition coefficient (Wildman–Crippen LogP) is 4.55. The maximum atomic E-state index is 12.6. The van der Waals surface area contributed by atoms with Gasteiger partial charge in [-0.15, -0.1) is 11.3 Å². The molecule has 5 nitrogen and oxygen atoms in total. The maximum Gasteiger partial charge on any atom is 0.277 e. The Bertz CT molecular complexity index is 1060. The molecule has 0 fully saturated rings. The quantitative estimate of drug-likeness (QED) is 0.635. The molecular weight excluding hydrogens is 368 g/mol. The van der Waals surface area contributed by atoms with Crippen LogP contribution < -0.4 is 10.5 Å². The molecule has 0 atom stereocenters. The van der Waals surface area contributed by atoms with Crippen LogP contribution in [-0.2, 0) is 13.6 Å². The lowest BCUT2D eigenvalue weighted by atomic mass is 10.1. The van der Waals surface area contributed by atoms with Crippen molar-refractivity contribution in [2.24, 2.45) is 7.05 Å². The first-order chi connectivity index (χ1) is 13.2. The molecule has 28 heavy (non-hydrogen) atoms. The molecule has 0 bridgehead atoms. The normalized spacial score (nSPS) is 11.3. The third kappa shape index (κ3) is 3.87. The highest BCUT2D eigenvalue weighted by atomic mass is 32.1. The van der Waals surface area contributed by atoms with Gasteiger partial charge in [0.05, 0.1) is 23.5 Å². The highest BCUT2D eigenvalue weighted by Gasteiger charge is 2.19. The van der Waals surface area contributed by atoms with Crippen LogP contribution >= 0.6 is 11.3 Å². The van der Waals surface area contributed by atoms with Crippen molar-refractivity contribution >= 4 is 17.0 Å². The summed E-state index contributed by atoms with van der Waals surface area (Å²) < 4.78 is 1.40. The lowest BCUT2D eigenvalue weighted by Crippen LogP contribution is -2.31. The standard InChI is InChI=1S/C22H28N4OS/c1-13(2)26(19-10-14(3)8-9-15(19)4)11-18-12-28-21(23-18)20-16(5)17(6)24-25(7)22(20)27/h8-10,12-13H,11H2,1-7H3. The SMILES string of the molecule is Cc1ccc(C)c(N(Cc2csc(-c3c(C)c(C)nn(C)c3=O)n2)C(C)C)c1. The molecule has 0 aliphatic carbocycles. The van der Waals surface area contributed by atoms with Crippen molar-refractivity contribution < 1.29 is 0 Å². The Morgan fingerprint density at radius 1 is 1.18 bits per heavy atom. The summed E-state index contributed by atoms with van der Waals surface area (Å²) in [4.78, 5) is 19.8. The molecule has 6 heteroatoms. The first-order valence-corrected chi connectivity index (χ1v) is 10.4. The minimum absolute atomic E-state index is 0.0979. The zero-order valence-electron chi connectivity index (χ0n) is 17.7. The van der Waals surface area contributed by atoms with E-state index >= 15 is 0 Å². The zero-order valence-corrected chi connectivity index (χ0v) is 18.5. The van der Waals surface area contributed by atoms with Crippen LogP contribution in [-0.4, -0.2) is 20.8 Å². The van der Waals surface area contributed by atoms with Gasteiger partial charge in [0.15, 0.2) is 0 Å². The highest BCUT2D eigenvalue weighted by molar-refractivity contribution is 7.13. The van der Waals surface area contributed by atoms with E-state index in [1.165, 1.54) is 32.8 Å². The van der Waals surface area contributed by atoms with Crippen molar-refractivity contribution in [1.29, 1.82) is 0 Å². The lowest BCUT2D eigenvalue weighted by molar-refractivity contribution is 0.673. The molecule has 0 N–H and O–H groups in total. The molecular formula is C22H28N4OS. The summed E-state index contributed by atoms with van der Waals surface area (Å²) in [6, 6.07) is 6.87. The number of rotatable bonds is 5. The molecule has 0 saturated carbocycles. The Kier molecular flexibility index (Phi) is 5.70. The number of thiazole rings is 1. The molecule has 0 radical (unpaired) electrons. The van der Waals surface area contributed by atoms with Crippen molar-refractivity contribution in [3.05, 3.63) is 62.0 Å². The second-order valence-electron chi connectivity index (χ2n) is 7.67. The topological polar surface area (TPSA) is 51.0 Å². The number of hydrogen-bond acceptors (Lipinski definition) is 5. The molecule has 0 amide bonds. The van der Waals surface area contributed by atoms with E-state index in [-0.39, 0.29) is 5.56 Å². The molecule has 1 aromatic carbocycles. The fourth-order valence-electron chi connectivity index (χ4n) is 3.34. The summed E-state index contributed by atoms with van der Waals surface area (Å²) in [5.74, 6) is 0. The monoisotopic (exact) mass is 396 g/mol.